The highest BCUT2D eigenvalue weighted by Gasteiger charge is 2.23. The van der Waals surface area contributed by atoms with Gasteiger partial charge in [0.1, 0.15) is 0 Å². The maximum absolute atomic E-state index is 9.15. The molecule has 1 aliphatic heterocycles. The maximum atomic E-state index is 9.15. The van der Waals surface area contributed by atoms with Crippen LogP contribution in [0.4, 0.5) is 0 Å². The first-order chi connectivity index (χ1) is 10.3. The average molecular weight is 287 g/mol. The van der Waals surface area contributed by atoms with E-state index in [0.717, 1.165) is 38.2 Å². The van der Waals surface area contributed by atoms with E-state index in [2.05, 4.69) is 27.2 Å². The third-order valence-corrected chi connectivity index (χ3v) is 3.98. The molecule has 0 bridgehead atoms. The third kappa shape index (κ3) is 3.89. The van der Waals surface area contributed by atoms with Gasteiger partial charge in [0.2, 0.25) is 5.89 Å². The van der Waals surface area contributed by atoms with Crippen LogP contribution in [0, 0.1) is 5.92 Å². The molecule has 1 aromatic heterocycles. The minimum atomic E-state index is 0.267. The van der Waals surface area contributed by atoms with Gasteiger partial charge in [0.05, 0.1) is 6.54 Å². The Kier molecular flexibility index (Phi) is 4.62. The molecule has 5 nitrogen and oxygen atoms in total. The molecule has 1 unspecified atom stereocenters. The zero-order valence-corrected chi connectivity index (χ0v) is 12.1. The fourth-order valence-corrected chi connectivity index (χ4v) is 2.75. The van der Waals surface area contributed by atoms with Crippen LogP contribution < -0.4 is 0 Å². The molecule has 1 N–H and O–H groups in total. The van der Waals surface area contributed by atoms with E-state index >= 15 is 0 Å². The lowest BCUT2D eigenvalue weighted by molar-refractivity contribution is 0.211. The lowest BCUT2D eigenvalue weighted by atomic mass is 10.1. The summed E-state index contributed by atoms with van der Waals surface area (Å²) in [6.45, 7) is 2.86. The second-order valence-corrected chi connectivity index (χ2v) is 5.66. The van der Waals surface area contributed by atoms with Gasteiger partial charge in [0.25, 0.3) is 0 Å². The van der Waals surface area contributed by atoms with Crippen LogP contribution in [-0.4, -0.2) is 39.8 Å². The molecule has 1 aliphatic rings. The summed E-state index contributed by atoms with van der Waals surface area (Å²) in [5.41, 5.74) is 1.29. The highest BCUT2D eigenvalue weighted by Crippen LogP contribution is 2.17. The van der Waals surface area contributed by atoms with E-state index < -0.39 is 0 Å². The van der Waals surface area contributed by atoms with E-state index in [1.165, 1.54) is 5.56 Å². The van der Waals surface area contributed by atoms with Crippen LogP contribution in [0.2, 0.25) is 0 Å². The van der Waals surface area contributed by atoms with Gasteiger partial charge in [-0.3, -0.25) is 4.90 Å². The molecule has 0 amide bonds. The summed E-state index contributed by atoms with van der Waals surface area (Å²) in [4.78, 5) is 6.72. The van der Waals surface area contributed by atoms with Crippen LogP contribution >= 0.6 is 0 Å². The van der Waals surface area contributed by atoms with Gasteiger partial charge in [0, 0.05) is 19.6 Å². The van der Waals surface area contributed by atoms with Crippen molar-refractivity contribution in [1.82, 2.24) is 15.0 Å². The van der Waals surface area contributed by atoms with Crippen molar-refractivity contribution >= 4 is 0 Å². The predicted octanol–water partition coefficient (Wildman–Crippen LogP) is 1.67. The molecule has 2 heterocycles. The number of rotatable bonds is 6. The Hall–Kier alpha value is -1.72. The molecule has 3 rings (SSSR count). The van der Waals surface area contributed by atoms with Gasteiger partial charge in [-0.05, 0) is 30.9 Å². The summed E-state index contributed by atoms with van der Waals surface area (Å²) < 4.78 is 5.32. The van der Waals surface area contributed by atoms with Crippen molar-refractivity contribution in [1.29, 1.82) is 0 Å². The smallest absolute Gasteiger partial charge is 0.240 e. The van der Waals surface area contributed by atoms with E-state index in [1.807, 2.05) is 18.2 Å². The number of hydrogen-bond donors (Lipinski definition) is 1. The van der Waals surface area contributed by atoms with Crippen LogP contribution in [0.5, 0.6) is 0 Å². The molecule has 0 radical (unpaired) electrons. The third-order valence-electron chi connectivity index (χ3n) is 3.98. The van der Waals surface area contributed by atoms with Gasteiger partial charge >= 0.3 is 0 Å². The molecule has 2 aromatic rings. The largest absolute Gasteiger partial charge is 0.396 e. The summed E-state index contributed by atoms with van der Waals surface area (Å²) in [6.07, 6.45) is 2.77. The fourth-order valence-electron chi connectivity index (χ4n) is 2.75. The predicted molar refractivity (Wildman–Crippen MR) is 78.6 cm³/mol. The number of nitrogens with zero attached hydrogens (tertiary/aromatic N) is 3. The Morgan fingerprint density at radius 3 is 2.86 bits per heavy atom. The quantitative estimate of drug-likeness (QED) is 0.875. The molecular formula is C16H21N3O2. The number of aromatic nitrogens is 2. The number of benzene rings is 1. The normalized spacial score (nSPS) is 19.2. The van der Waals surface area contributed by atoms with Crippen molar-refractivity contribution in [3.63, 3.8) is 0 Å². The molecule has 0 aliphatic carbocycles. The summed E-state index contributed by atoms with van der Waals surface area (Å²) in [5.74, 6) is 1.84. The topological polar surface area (TPSA) is 62.4 Å². The summed E-state index contributed by atoms with van der Waals surface area (Å²) in [6, 6.07) is 10.3. The van der Waals surface area contributed by atoms with Crippen molar-refractivity contribution < 1.29 is 9.63 Å². The van der Waals surface area contributed by atoms with Crippen LogP contribution in [0.15, 0.2) is 34.9 Å². The van der Waals surface area contributed by atoms with E-state index in [4.69, 9.17) is 9.63 Å². The zero-order chi connectivity index (χ0) is 14.5. The zero-order valence-electron chi connectivity index (χ0n) is 12.1. The highest BCUT2D eigenvalue weighted by atomic mass is 16.5. The molecular weight excluding hydrogens is 266 g/mol. The molecule has 1 atom stereocenters. The Morgan fingerprint density at radius 2 is 2.10 bits per heavy atom. The second kappa shape index (κ2) is 6.83. The summed E-state index contributed by atoms with van der Waals surface area (Å²) >= 11 is 0. The number of aliphatic hydroxyl groups is 1. The van der Waals surface area contributed by atoms with Crippen LogP contribution in [0.25, 0.3) is 0 Å². The molecule has 1 saturated heterocycles. The van der Waals surface area contributed by atoms with E-state index in [-0.39, 0.29) is 6.61 Å². The van der Waals surface area contributed by atoms with Crippen molar-refractivity contribution in [2.45, 2.75) is 25.8 Å². The fraction of sp³-hybridized carbons (Fsp3) is 0.500. The standard InChI is InChI=1S/C16H21N3O2/c20-12-14-8-9-19(10-14)11-16-17-15(18-21-16)7-6-13-4-2-1-3-5-13/h1-5,14,20H,6-12H2. The first kappa shape index (κ1) is 14.2. The molecule has 0 spiro atoms. The Bertz CT molecular complexity index is 556. The van der Waals surface area contributed by atoms with Crippen molar-refractivity contribution in [2.75, 3.05) is 19.7 Å². The number of aryl methyl sites for hydroxylation is 2. The highest BCUT2D eigenvalue weighted by molar-refractivity contribution is 5.15. The maximum Gasteiger partial charge on any atom is 0.240 e. The van der Waals surface area contributed by atoms with Gasteiger partial charge in [-0.2, -0.15) is 4.98 Å². The number of aliphatic hydroxyl groups excluding tert-OH is 1. The average Bonchev–Trinajstić information content (AvgIpc) is 3.16. The first-order valence-corrected chi connectivity index (χ1v) is 7.52. The van der Waals surface area contributed by atoms with E-state index in [1.54, 1.807) is 0 Å². The Balaban J connectivity index is 1.50. The Labute approximate surface area is 124 Å². The van der Waals surface area contributed by atoms with Gasteiger partial charge in [-0.25, -0.2) is 0 Å². The summed E-state index contributed by atoms with van der Waals surface area (Å²) in [7, 11) is 0. The van der Waals surface area contributed by atoms with Crippen LogP contribution in [0.1, 0.15) is 23.7 Å². The first-order valence-electron chi connectivity index (χ1n) is 7.52. The molecule has 5 heteroatoms. The van der Waals surface area contributed by atoms with Gasteiger partial charge in [-0.1, -0.05) is 35.5 Å². The van der Waals surface area contributed by atoms with Crippen LogP contribution in [0.3, 0.4) is 0 Å². The monoisotopic (exact) mass is 287 g/mol. The Morgan fingerprint density at radius 1 is 1.24 bits per heavy atom. The molecule has 112 valence electrons. The van der Waals surface area contributed by atoms with Crippen LogP contribution in [-0.2, 0) is 19.4 Å². The second-order valence-electron chi connectivity index (χ2n) is 5.66. The molecule has 1 aromatic carbocycles. The van der Waals surface area contributed by atoms with Gasteiger partial charge in [0.15, 0.2) is 5.82 Å². The minimum absolute atomic E-state index is 0.267. The van der Waals surface area contributed by atoms with Crippen molar-refractivity contribution in [3.8, 4) is 0 Å². The molecule has 0 saturated carbocycles. The molecule has 1 fully saturated rings. The lowest BCUT2D eigenvalue weighted by Crippen LogP contribution is -2.21. The number of hydrogen-bond acceptors (Lipinski definition) is 5. The van der Waals surface area contributed by atoms with E-state index in [9.17, 15) is 0 Å². The lowest BCUT2D eigenvalue weighted by Gasteiger charge is -2.11. The van der Waals surface area contributed by atoms with Crippen molar-refractivity contribution in [2.24, 2.45) is 5.92 Å². The van der Waals surface area contributed by atoms with Crippen molar-refractivity contribution in [3.05, 3.63) is 47.6 Å². The van der Waals surface area contributed by atoms with Gasteiger partial charge < -0.3 is 9.63 Å². The molecule has 21 heavy (non-hydrogen) atoms. The minimum Gasteiger partial charge on any atom is -0.396 e. The SMILES string of the molecule is OCC1CCN(Cc2nc(CCc3ccccc3)no2)C1. The number of likely N-dealkylation sites (tertiary alicyclic amines) is 1. The summed E-state index contributed by atoms with van der Waals surface area (Å²) in [5, 5.41) is 13.2. The van der Waals surface area contributed by atoms with Gasteiger partial charge in [-0.15, -0.1) is 0 Å². The van der Waals surface area contributed by atoms with E-state index in [0.29, 0.717) is 18.4 Å².